The Morgan fingerprint density at radius 1 is 1.23 bits per heavy atom. The number of hydrogen-bond acceptors (Lipinski definition) is 3. The fourth-order valence-electron chi connectivity index (χ4n) is 2.32. The van der Waals surface area contributed by atoms with Gasteiger partial charge in [0.2, 0.25) is 0 Å². The SMILES string of the molecule is Cc1ccc(CCc2c(C(=O)O)nnn2CCC(C)C)cc1. The largest absolute Gasteiger partial charge is 0.476 e. The first-order chi connectivity index (χ1) is 10.5. The molecule has 5 heteroatoms. The van der Waals surface area contributed by atoms with E-state index in [0.29, 0.717) is 24.6 Å². The van der Waals surface area contributed by atoms with Crippen LogP contribution in [0.1, 0.15) is 47.6 Å². The van der Waals surface area contributed by atoms with Crippen molar-refractivity contribution in [2.24, 2.45) is 5.92 Å². The zero-order chi connectivity index (χ0) is 16.1. The van der Waals surface area contributed by atoms with E-state index in [2.05, 4.69) is 55.3 Å². The summed E-state index contributed by atoms with van der Waals surface area (Å²) in [4.78, 5) is 11.3. The topological polar surface area (TPSA) is 68.0 Å². The molecule has 118 valence electrons. The van der Waals surface area contributed by atoms with E-state index in [1.165, 1.54) is 11.1 Å². The molecule has 2 rings (SSSR count). The van der Waals surface area contributed by atoms with Crippen LogP contribution >= 0.6 is 0 Å². The van der Waals surface area contributed by atoms with Gasteiger partial charge in [-0.3, -0.25) is 0 Å². The third-order valence-corrected chi connectivity index (χ3v) is 3.73. The summed E-state index contributed by atoms with van der Waals surface area (Å²) in [5, 5.41) is 17.1. The second kappa shape index (κ2) is 7.20. The standard InChI is InChI=1S/C17H23N3O2/c1-12(2)10-11-20-15(16(17(21)22)18-19-20)9-8-14-6-4-13(3)5-7-14/h4-7,12H,8-11H2,1-3H3,(H,21,22). The molecule has 0 aliphatic rings. The molecule has 1 N–H and O–H groups in total. The van der Waals surface area contributed by atoms with Crippen molar-refractivity contribution in [3.05, 3.63) is 46.8 Å². The van der Waals surface area contributed by atoms with Crippen LogP contribution < -0.4 is 0 Å². The number of benzene rings is 1. The summed E-state index contributed by atoms with van der Waals surface area (Å²) < 4.78 is 1.75. The van der Waals surface area contributed by atoms with Crippen molar-refractivity contribution < 1.29 is 9.90 Å². The number of nitrogens with zero attached hydrogens (tertiary/aromatic N) is 3. The van der Waals surface area contributed by atoms with Gasteiger partial charge < -0.3 is 5.11 Å². The van der Waals surface area contributed by atoms with Crippen LogP contribution in [0.25, 0.3) is 0 Å². The van der Waals surface area contributed by atoms with Gasteiger partial charge in [-0.15, -0.1) is 5.10 Å². The first kappa shape index (κ1) is 16.2. The number of aromatic carboxylic acids is 1. The quantitative estimate of drug-likeness (QED) is 0.853. The van der Waals surface area contributed by atoms with E-state index in [1.54, 1.807) is 4.68 Å². The maximum atomic E-state index is 11.3. The second-order valence-corrected chi connectivity index (χ2v) is 6.08. The highest BCUT2D eigenvalue weighted by Crippen LogP contribution is 2.13. The molecular weight excluding hydrogens is 278 g/mol. The monoisotopic (exact) mass is 301 g/mol. The lowest BCUT2D eigenvalue weighted by molar-refractivity contribution is 0.0689. The lowest BCUT2D eigenvalue weighted by Gasteiger charge is -2.09. The van der Waals surface area contributed by atoms with Gasteiger partial charge in [-0.1, -0.05) is 48.9 Å². The summed E-state index contributed by atoms with van der Waals surface area (Å²) in [5.74, 6) is -0.461. The van der Waals surface area contributed by atoms with Crippen LogP contribution in [-0.4, -0.2) is 26.1 Å². The molecule has 0 fully saturated rings. The Kier molecular flexibility index (Phi) is 5.31. The van der Waals surface area contributed by atoms with Crippen molar-refractivity contribution in [3.8, 4) is 0 Å². The Hall–Kier alpha value is -2.17. The number of carbonyl (C=O) groups is 1. The van der Waals surface area contributed by atoms with E-state index >= 15 is 0 Å². The molecular formula is C17H23N3O2. The number of rotatable bonds is 7. The predicted octanol–water partition coefficient (Wildman–Crippen LogP) is 3.12. The molecule has 0 saturated carbocycles. The fraction of sp³-hybridized carbons (Fsp3) is 0.471. The maximum Gasteiger partial charge on any atom is 0.358 e. The molecule has 0 aliphatic heterocycles. The molecule has 0 spiro atoms. The molecule has 0 atom stereocenters. The highest BCUT2D eigenvalue weighted by atomic mass is 16.4. The summed E-state index contributed by atoms with van der Waals surface area (Å²) >= 11 is 0. The molecule has 5 nitrogen and oxygen atoms in total. The number of carboxylic acid groups (broad SMARTS) is 1. The summed E-state index contributed by atoms with van der Waals surface area (Å²) in [6, 6.07) is 8.31. The molecule has 1 heterocycles. The van der Waals surface area contributed by atoms with Crippen molar-refractivity contribution in [1.82, 2.24) is 15.0 Å². The third-order valence-electron chi connectivity index (χ3n) is 3.73. The molecule has 22 heavy (non-hydrogen) atoms. The van der Waals surface area contributed by atoms with Gasteiger partial charge in [0.05, 0.1) is 5.69 Å². The van der Waals surface area contributed by atoms with Crippen molar-refractivity contribution >= 4 is 5.97 Å². The minimum Gasteiger partial charge on any atom is -0.476 e. The van der Waals surface area contributed by atoms with Crippen molar-refractivity contribution in [3.63, 3.8) is 0 Å². The smallest absolute Gasteiger partial charge is 0.358 e. The van der Waals surface area contributed by atoms with Crippen molar-refractivity contribution in [2.75, 3.05) is 0 Å². The molecule has 0 radical (unpaired) electrons. The summed E-state index contributed by atoms with van der Waals surface area (Å²) in [6.45, 7) is 7.04. The lowest BCUT2D eigenvalue weighted by atomic mass is 10.1. The molecule has 0 bridgehead atoms. The van der Waals surface area contributed by atoms with E-state index in [1.807, 2.05) is 0 Å². The van der Waals surface area contributed by atoms with Gasteiger partial charge in [-0.2, -0.15) is 0 Å². The van der Waals surface area contributed by atoms with Crippen LogP contribution in [0.5, 0.6) is 0 Å². The molecule has 1 aromatic carbocycles. The van der Waals surface area contributed by atoms with Gasteiger partial charge >= 0.3 is 5.97 Å². The summed E-state index contributed by atoms with van der Waals surface area (Å²) in [6.07, 6.45) is 2.38. The Balaban J connectivity index is 2.14. The van der Waals surface area contributed by atoms with Crippen LogP contribution in [0, 0.1) is 12.8 Å². The molecule has 0 saturated heterocycles. The van der Waals surface area contributed by atoms with Gasteiger partial charge in [-0.05, 0) is 37.7 Å². The number of carboxylic acids is 1. The van der Waals surface area contributed by atoms with E-state index in [0.717, 1.165) is 12.8 Å². The Morgan fingerprint density at radius 2 is 1.91 bits per heavy atom. The fourth-order valence-corrected chi connectivity index (χ4v) is 2.32. The molecule has 1 aromatic heterocycles. The van der Waals surface area contributed by atoms with Crippen LogP contribution in [0.15, 0.2) is 24.3 Å². The van der Waals surface area contributed by atoms with Crippen LogP contribution in [0.4, 0.5) is 0 Å². The Bertz CT molecular complexity index is 630. The van der Waals surface area contributed by atoms with Gasteiger partial charge in [0.1, 0.15) is 0 Å². The number of aromatic nitrogens is 3. The summed E-state index contributed by atoms with van der Waals surface area (Å²) in [5.41, 5.74) is 3.21. The Morgan fingerprint density at radius 3 is 2.50 bits per heavy atom. The highest BCUT2D eigenvalue weighted by molar-refractivity contribution is 5.86. The average molecular weight is 301 g/mol. The van der Waals surface area contributed by atoms with Crippen molar-refractivity contribution in [2.45, 2.75) is 46.6 Å². The summed E-state index contributed by atoms with van der Waals surface area (Å²) in [7, 11) is 0. The van der Waals surface area contributed by atoms with Crippen LogP contribution in [-0.2, 0) is 19.4 Å². The van der Waals surface area contributed by atoms with E-state index in [-0.39, 0.29) is 5.69 Å². The van der Waals surface area contributed by atoms with Gasteiger partial charge in [0, 0.05) is 6.54 Å². The van der Waals surface area contributed by atoms with Crippen molar-refractivity contribution in [1.29, 1.82) is 0 Å². The molecule has 0 amide bonds. The first-order valence-electron chi connectivity index (χ1n) is 7.68. The molecule has 2 aromatic rings. The first-order valence-corrected chi connectivity index (χ1v) is 7.68. The van der Waals surface area contributed by atoms with E-state index in [9.17, 15) is 9.90 Å². The van der Waals surface area contributed by atoms with Crippen LogP contribution in [0.3, 0.4) is 0 Å². The average Bonchev–Trinajstić information content (AvgIpc) is 2.87. The van der Waals surface area contributed by atoms with E-state index in [4.69, 9.17) is 0 Å². The molecule has 0 unspecified atom stereocenters. The zero-order valence-electron chi connectivity index (χ0n) is 13.4. The van der Waals surface area contributed by atoms with Gasteiger partial charge in [0.15, 0.2) is 5.69 Å². The van der Waals surface area contributed by atoms with Gasteiger partial charge in [-0.25, -0.2) is 9.48 Å². The normalized spacial score (nSPS) is 11.1. The molecule has 0 aliphatic carbocycles. The van der Waals surface area contributed by atoms with Crippen LogP contribution in [0.2, 0.25) is 0 Å². The lowest BCUT2D eigenvalue weighted by Crippen LogP contribution is -2.11. The van der Waals surface area contributed by atoms with E-state index < -0.39 is 5.97 Å². The zero-order valence-corrected chi connectivity index (χ0v) is 13.4. The van der Waals surface area contributed by atoms with Gasteiger partial charge in [0.25, 0.3) is 0 Å². The third kappa shape index (κ3) is 4.16. The Labute approximate surface area is 131 Å². The second-order valence-electron chi connectivity index (χ2n) is 6.08. The number of hydrogen-bond donors (Lipinski definition) is 1. The maximum absolute atomic E-state index is 11.3. The predicted molar refractivity (Wildman–Crippen MR) is 85.0 cm³/mol. The minimum atomic E-state index is -1.00. The number of aryl methyl sites for hydroxylation is 3. The highest BCUT2D eigenvalue weighted by Gasteiger charge is 2.18. The minimum absolute atomic E-state index is 0.0795.